The van der Waals surface area contributed by atoms with Gasteiger partial charge in [0, 0.05) is 23.7 Å². The van der Waals surface area contributed by atoms with Gasteiger partial charge in [-0.2, -0.15) is 5.10 Å². The van der Waals surface area contributed by atoms with Gasteiger partial charge in [-0.15, -0.1) is 5.10 Å². The molecule has 0 spiro atoms. The molecule has 2 saturated carbocycles. The van der Waals surface area contributed by atoms with E-state index in [1.165, 1.54) is 18.2 Å². The molecule has 2 heterocycles. The van der Waals surface area contributed by atoms with E-state index in [0.29, 0.717) is 21.6 Å². The molecule has 7 heteroatoms. The van der Waals surface area contributed by atoms with Gasteiger partial charge in [-0.3, -0.25) is 14.9 Å². The average Bonchev–Trinajstić information content (AvgIpc) is 3.31. The summed E-state index contributed by atoms with van der Waals surface area (Å²) in [5.74, 6) is 0.193. The number of carbonyl (C=O) groups is 2. The van der Waals surface area contributed by atoms with Crippen molar-refractivity contribution in [2.45, 2.75) is 40.0 Å². The quantitative estimate of drug-likeness (QED) is 0.567. The number of benzene rings is 1. The third-order valence-corrected chi connectivity index (χ3v) is 8.65. The Balaban J connectivity index is 1.48. The van der Waals surface area contributed by atoms with Gasteiger partial charge in [0.2, 0.25) is 0 Å². The minimum absolute atomic E-state index is 0.0688. The number of fused-ring (bicyclic) bond motifs is 3. The van der Waals surface area contributed by atoms with Gasteiger partial charge >= 0.3 is 0 Å². The molecule has 0 aromatic heterocycles. The molecule has 1 saturated heterocycles. The zero-order chi connectivity index (χ0) is 20.6. The van der Waals surface area contributed by atoms with Gasteiger partial charge in [0.05, 0.1) is 16.2 Å². The van der Waals surface area contributed by atoms with Crippen molar-refractivity contribution in [2.24, 2.45) is 27.0 Å². The first-order valence-electron chi connectivity index (χ1n) is 10.00. The third kappa shape index (κ3) is 2.43. The van der Waals surface area contributed by atoms with Crippen molar-refractivity contribution in [1.29, 1.82) is 0 Å². The Labute approximate surface area is 174 Å². The number of anilines is 1. The van der Waals surface area contributed by atoms with Crippen LogP contribution in [0.15, 0.2) is 39.4 Å². The molecule has 2 bridgehead atoms. The van der Waals surface area contributed by atoms with Crippen LogP contribution in [0.1, 0.15) is 45.6 Å². The van der Waals surface area contributed by atoms with Crippen LogP contribution in [0, 0.1) is 16.7 Å². The Hall–Kier alpha value is -2.41. The zero-order valence-electron chi connectivity index (χ0n) is 17.1. The number of hydrogen-bond acceptors (Lipinski definition) is 5. The predicted molar refractivity (Wildman–Crippen MR) is 117 cm³/mol. The molecule has 1 aromatic carbocycles. The average molecular weight is 409 g/mol. The van der Waals surface area contributed by atoms with Crippen LogP contribution >= 0.6 is 11.8 Å². The molecule has 4 aliphatic rings. The molecular weight excluding hydrogens is 384 g/mol. The lowest BCUT2D eigenvalue weighted by atomic mass is 9.70. The van der Waals surface area contributed by atoms with Crippen molar-refractivity contribution < 1.29 is 9.59 Å². The van der Waals surface area contributed by atoms with Crippen LogP contribution in [0.2, 0.25) is 0 Å². The molecule has 3 fully saturated rings. The number of likely N-dealkylation sites (N-methyl/N-ethyl adjacent to an activating group) is 1. The van der Waals surface area contributed by atoms with Crippen LogP contribution in [0.25, 0.3) is 5.57 Å². The lowest BCUT2D eigenvalue weighted by molar-refractivity contribution is -0.116. The maximum atomic E-state index is 12.8. The van der Waals surface area contributed by atoms with Crippen LogP contribution in [-0.4, -0.2) is 29.7 Å². The minimum atomic E-state index is -0.290. The Kier molecular flexibility index (Phi) is 3.88. The van der Waals surface area contributed by atoms with E-state index in [0.717, 1.165) is 29.8 Å². The van der Waals surface area contributed by atoms with E-state index in [2.05, 4.69) is 36.3 Å². The highest BCUT2D eigenvalue weighted by Gasteiger charge is 2.60. The van der Waals surface area contributed by atoms with Gasteiger partial charge in [0.25, 0.3) is 11.8 Å². The van der Waals surface area contributed by atoms with Gasteiger partial charge in [-0.1, -0.05) is 39.0 Å². The monoisotopic (exact) mass is 408 g/mol. The summed E-state index contributed by atoms with van der Waals surface area (Å²) in [4.78, 5) is 27.4. The van der Waals surface area contributed by atoms with Crippen molar-refractivity contribution in [3.63, 3.8) is 0 Å². The molecule has 2 atom stereocenters. The van der Waals surface area contributed by atoms with Crippen molar-refractivity contribution in [1.82, 2.24) is 5.32 Å². The standard InChI is InChI=1S/C22H24N4O2S/c1-21(2)12-9-10-22(21,3)15(11-12)24-25-20-23-18(27)17(29-20)16-13-7-5-6-8-14(13)26(4)19(16)28/h5-8,12H,9-11H2,1-4H3,(H,23,25,27). The number of amidine groups is 1. The molecule has 2 aliphatic heterocycles. The van der Waals surface area contributed by atoms with E-state index in [4.69, 9.17) is 0 Å². The molecule has 1 aromatic rings. The maximum Gasteiger partial charge on any atom is 0.265 e. The number of thioether (sulfide) groups is 1. The minimum Gasteiger partial charge on any atom is -0.311 e. The third-order valence-electron chi connectivity index (χ3n) is 7.68. The number of rotatable bonds is 1. The molecule has 150 valence electrons. The van der Waals surface area contributed by atoms with Crippen LogP contribution in [0.4, 0.5) is 5.69 Å². The Morgan fingerprint density at radius 3 is 2.62 bits per heavy atom. The molecule has 2 amide bonds. The molecule has 2 aliphatic carbocycles. The second kappa shape index (κ2) is 6.05. The predicted octanol–water partition coefficient (Wildman–Crippen LogP) is 3.80. The molecule has 6 nitrogen and oxygen atoms in total. The summed E-state index contributed by atoms with van der Waals surface area (Å²) in [7, 11) is 1.73. The van der Waals surface area contributed by atoms with Gasteiger partial charge in [-0.05, 0) is 48.4 Å². The lowest BCUT2D eigenvalue weighted by Crippen LogP contribution is -2.32. The van der Waals surface area contributed by atoms with E-state index in [1.54, 1.807) is 11.9 Å². The number of hydrogen-bond donors (Lipinski definition) is 1. The molecular formula is C22H24N4O2S. The molecule has 5 rings (SSSR count). The largest absolute Gasteiger partial charge is 0.311 e. The molecule has 29 heavy (non-hydrogen) atoms. The van der Waals surface area contributed by atoms with E-state index >= 15 is 0 Å². The van der Waals surface area contributed by atoms with E-state index in [9.17, 15) is 9.59 Å². The maximum absolute atomic E-state index is 12.8. The fraction of sp³-hybridized carbons (Fsp3) is 0.455. The second-order valence-electron chi connectivity index (χ2n) is 9.09. The Morgan fingerprint density at radius 2 is 1.93 bits per heavy atom. The number of para-hydroxylation sites is 1. The van der Waals surface area contributed by atoms with Crippen LogP contribution < -0.4 is 10.2 Å². The van der Waals surface area contributed by atoms with Crippen molar-refractivity contribution in [2.75, 3.05) is 11.9 Å². The summed E-state index contributed by atoms with van der Waals surface area (Å²) in [5.41, 5.74) is 3.47. The van der Waals surface area contributed by atoms with Crippen LogP contribution in [0.3, 0.4) is 0 Å². The van der Waals surface area contributed by atoms with Crippen molar-refractivity contribution >= 4 is 45.7 Å². The van der Waals surface area contributed by atoms with E-state index in [1.807, 2.05) is 24.3 Å². The number of amides is 2. The van der Waals surface area contributed by atoms with Gasteiger partial charge in [-0.25, -0.2) is 0 Å². The van der Waals surface area contributed by atoms with Crippen LogP contribution in [0.5, 0.6) is 0 Å². The van der Waals surface area contributed by atoms with Gasteiger partial charge in [0.1, 0.15) is 0 Å². The summed E-state index contributed by atoms with van der Waals surface area (Å²) in [6.45, 7) is 6.94. The van der Waals surface area contributed by atoms with Gasteiger partial charge in [0.15, 0.2) is 5.17 Å². The smallest absolute Gasteiger partial charge is 0.265 e. The van der Waals surface area contributed by atoms with Crippen molar-refractivity contribution in [3.05, 3.63) is 34.7 Å². The topological polar surface area (TPSA) is 74.1 Å². The number of nitrogens with zero attached hydrogens (tertiary/aromatic N) is 3. The normalized spacial score (nSPS) is 35.2. The summed E-state index contributed by atoms with van der Waals surface area (Å²) < 4.78 is 0. The van der Waals surface area contributed by atoms with Gasteiger partial charge < -0.3 is 4.90 Å². The SMILES string of the molecule is CN1C(=O)C(=C2SC(=NN=C3CC4CCC3(C)C4(C)C)NC2=O)c2ccccc21. The Morgan fingerprint density at radius 1 is 1.17 bits per heavy atom. The summed E-state index contributed by atoms with van der Waals surface area (Å²) in [6, 6.07) is 7.53. The zero-order valence-corrected chi connectivity index (χ0v) is 17.9. The highest BCUT2D eigenvalue weighted by molar-refractivity contribution is 8.18. The number of carbonyl (C=O) groups excluding carboxylic acids is 2. The molecule has 1 N–H and O–H groups in total. The first-order valence-corrected chi connectivity index (χ1v) is 10.8. The molecule has 0 radical (unpaired) electrons. The first kappa shape index (κ1) is 18.6. The fourth-order valence-corrected chi connectivity index (χ4v) is 6.17. The lowest BCUT2D eigenvalue weighted by Gasteiger charge is -2.34. The summed E-state index contributed by atoms with van der Waals surface area (Å²) >= 11 is 1.20. The molecule has 2 unspecified atom stereocenters. The van der Waals surface area contributed by atoms with E-state index < -0.39 is 0 Å². The number of nitrogens with one attached hydrogen (secondary N) is 1. The Bertz CT molecular complexity index is 1050. The second-order valence-corrected chi connectivity index (χ2v) is 10.1. The van der Waals surface area contributed by atoms with Crippen LogP contribution in [-0.2, 0) is 9.59 Å². The van der Waals surface area contributed by atoms with Crippen molar-refractivity contribution in [3.8, 4) is 0 Å². The highest BCUT2D eigenvalue weighted by atomic mass is 32.2. The summed E-state index contributed by atoms with van der Waals surface area (Å²) in [6.07, 6.45) is 3.36. The van der Waals surface area contributed by atoms with E-state index in [-0.39, 0.29) is 22.6 Å². The highest BCUT2D eigenvalue weighted by Crippen LogP contribution is 2.64. The first-order chi connectivity index (χ1) is 13.7. The fourth-order valence-electron chi connectivity index (χ4n) is 5.31. The summed E-state index contributed by atoms with van der Waals surface area (Å²) in [5, 5.41) is 12.2.